The molecular weight excluding hydrogens is 220 g/mol. The van der Waals surface area contributed by atoms with Crippen LogP contribution in [-0.2, 0) is 9.22 Å². The van der Waals surface area contributed by atoms with E-state index in [0.717, 1.165) is 0 Å². The zero-order valence-electron chi connectivity index (χ0n) is 11.4. The zero-order chi connectivity index (χ0) is 12.9. The van der Waals surface area contributed by atoms with Crippen LogP contribution in [0.3, 0.4) is 0 Å². The van der Waals surface area contributed by atoms with Crippen LogP contribution >= 0.6 is 0 Å². The summed E-state index contributed by atoms with van der Waals surface area (Å²) in [7, 11) is -2.09. The summed E-state index contributed by atoms with van der Waals surface area (Å²) in [5.74, 6) is -0.245. The Balaban J connectivity index is 4.98. The van der Waals surface area contributed by atoms with E-state index >= 15 is 0 Å². The maximum Gasteiger partial charge on any atom is 0.294 e. The molecule has 0 amide bonds. The van der Waals surface area contributed by atoms with E-state index in [-0.39, 0.29) is 19.0 Å². The fourth-order valence-electron chi connectivity index (χ4n) is 2.69. The summed E-state index contributed by atoms with van der Waals surface area (Å²) in [5, 5.41) is 8.76. The molecule has 0 unspecified atom stereocenters. The quantitative estimate of drug-likeness (QED) is 0.733. The molecule has 0 bridgehead atoms. The van der Waals surface area contributed by atoms with Crippen molar-refractivity contribution in [3.8, 4) is 0 Å². The van der Waals surface area contributed by atoms with Gasteiger partial charge in [0.15, 0.2) is 0 Å². The normalized spacial score (nSPS) is 12.6. The van der Waals surface area contributed by atoms with Crippen LogP contribution in [0.15, 0.2) is 0 Å². The molecule has 1 N–H and O–H groups in total. The molecule has 0 aliphatic carbocycles. The number of aliphatic hydroxyl groups excluding tert-OH is 1. The van der Waals surface area contributed by atoms with E-state index in [0.29, 0.717) is 16.6 Å². The van der Waals surface area contributed by atoms with Gasteiger partial charge in [-0.15, -0.1) is 0 Å². The van der Waals surface area contributed by atoms with Crippen molar-refractivity contribution in [1.29, 1.82) is 0 Å². The van der Waals surface area contributed by atoms with Gasteiger partial charge in [0.2, 0.25) is 0 Å². The maximum absolute atomic E-state index is 11.6. The Morgan fingerprint density at radius 1 is 1.06 bits per heavy atom. The van der Waals surface area contributed by atoms with Gasteiger partial charge >= 0.3 is 0 Å². The van der Waals surface area contributed by atoms with Crippen LogP contribution in [0.4, 0.5) is 0 Å². The number of aliphatic hydroxyl groups is 1. The van der Waals surface area contributed by atoms with Crippen LogP contribution in [0.1, 0.15) is 48.0 Å². The summed E-state index contributed by atoms with van der Waals surface area (Å²) in [4.78, 5) is 11.6. The van der Waals surface area contributed by atoms with Gasteiger partial charge in [0.1, 0.15) is 0 Å². The average Bonchev–Trinajstić information content (AvgIpc) is 2.12. The van der Waals surface area contributed by atoms with Gasteiger partial charge in [0, 0.05) is 0 Å². The molecule has 0 atom stereocenters. The molecule has 0 aromatic heterocycles. The number of rotatable bonds is 6. The molecule has 4 heteroatoms. The maximum atomic E-state index is 11.6. The molecule has 0 rings (SSSR count). The Hall–Kier alpha value is -0.353. The summed E-state index contributed by atoms with van der Waals surface area (Å²) in [5.41, 5.74) is 1.19. The van der Waals surface area contributed by atoms with Gasteiger partial charge in [0.05, 0.1) is 13.0 Å². The largest absolute Gasteiger partial charge is 0.518 e. The third-order valence-corrected chi connectivity index (χ3v) is 9.31. The molecule has 0 fully saturated rings. The molecule has 3 nitrogen and oxygen atoms in total. The first-order valence-corrected chi connectivity index (χ1v) is 8.25. The number of hydrogen-bond donors (Lipinski definition) is 1. The number of hydrogen-bond acceptors (Lipinski definition) is 3. The van der Waals surface area contributed by atoms with E-state index in [9.17, 15) is 4.79 Å². The highest BCUT2D eigenvalue weighted by Gasteiger charge is 2.47. The fraction of sp³-hybridized carbons (Fsp3) is 0.917. The first kappa shape index (κ1) is 15.6. The molecular formula is C12H26O3Si. The lowest BCUT2D eigenvalue weighted by Gasteiger charge is -2.41. The van der Waals surface area contributed by atoms with Crippen LogP contribution < -0.4 is 0 Å². The molecule has 16 heavy (non-hydrogen) atoms. The Labute approximate surface area is 100 Å². The lowest BCUT2D eigenvalue weighted by molar-refractivity contribution is -0.136. The van der Waals surface area contributed by atoms with Crippen molar-refractivity contribution in [3.63, 3.8) is 0 Å². The molecule has 0 aliphatic heterocycles. The van der Waals surface area contributed by atoms with Gasteiger partial charge in [-0.25, -0.2) is 0 Å². The third-order valence-electron chi connectivity index (χ3n) is 3.31. The molecule has 0 radical (unpaired) electrons. The smallest absolute Gasteiger partial charge is 0.294 e. The summed E-state index contributed by atoms with van der Waals surface area (Å²) >= 11 is 0. The van der Waals surface area contributed by atoms with Gasteiger partial charge in [0.25, 0.3) is 14.3 Å². The highest BCUT2D eigenvalue weighted by Crippen LogP contribution is 2.42. The first-order valence-electron chi connectivity index (χ1n) is 6.11. The van der Waals surface area contributed by atoms with E-state index < -0.39 is 8.32 Å². The molecule has 96 valence electrons. The number of carbonyl (C=O) groups excluding carboxylic acids is 1. The van der Waals surface area contributed by atoms with Crippen molar-refractivity contribution in [3.05, 3.63) is 0 Å². The van der Waals surface area contributed by atoms with Crippen molar-refractivity contribution in [2.75, 3.05) is 6.61 Å². The molecule has 0 heterocycles. The van der Waals surface area contributed by atoms with E-state index in [2.05, 4.69) is 41.5 Å². The van der Waals surface area contributed by atoms with E-state index in [1.807, 2.05) is 0 Å². The van der Waals surface area contributed by atoms with E-state index in [1.165, 1.54) is 0 Å². The van der Waals surface area contributed by atoms with Crippen molar-refractivity contribution in [1.82, 2.24) is 0 Å². The second-order valence-electron chi connectivity index (χ2n) is 5.27. The second kappa shape index (κ2) is 6.40. The SMILES string of the molecule is CC(C)[Si](OC(=O)CCO)(C(C)C)C(C)C. The molecule has 0 saturated carbocycles. The van der Waals surface area contributed by atoms with Crippen molar-refractivity contribution in [2.24, 2.45) is 0 Å². The van der Waals surface area contributed by atoms with Gasteiger partial charge < -0.3 is 9.53 Å². The monoisotopic (exact) mass is 246 g/mol. The van der Waals surface area contributed by atoms with Gasteiger partial charge in [-0.2, -0.15) is 0 Å². The minimum atomic E-state index is -2.09. The van der Waals surface area contributed by atoms with Gasteiger partial charge in [-0.1, -0.05) is 41.5 Å². The molecule has 0 saturated heterocycles. The fourth-order valence-corrected chi connectivity index (χ4v) is 7.90. The minimum Gasteiger partial charge on any atom is -0.518 e. The van der Waals surface area contributed by atoms with Crippen molar-refractivity contribution < 1.29 is 14.3 Å². The topological polar surface area (TPSA) is 46.5 Å². The van der Waals surface area contributed by atoms with E-state index in [4.69, 9.17) is 9.53 Å². The summed E-state index contributed by atoms with van der Waals surface area (Å²) in [6, 6.07) is 0. The van der Waals surface area contributed by atoms with Crippen molar-refractivity contribution in [2.45, 2.75) is 64.6 Å². The second-order valence-corrected chi connectivity index (χ2v) is 10.6. The number of carbonyl (C=O) groups is 1. The van der Waals surface area contributed by atoms with Crippen LogP contribution in [-0.4, -0.2) is 26.0 Å². The highest BCUT2D eigenvalue weighted by molar-refractivity contribution is 6.78. The summed E-state index contributed by atoms with van der Waals surface area (Å²) < 4.78 is 5.80. The first-order chi connectivity index (χ1) is 7.28. The molecule has 0 aromatic rings. The van der Waals surface area contributed by atoms with Crippen LogP contribution in [0.25, 0.3) is 0 Å². The Morgan fingerprint density at radius 3 is 1.69 bits per heavy atom. The summed E-state index contributed by atoms with van der Waals surface area (Å²) in [6.45, 7) is 12.7. The molecule has 0 spiro atoms. The van der Waals surface area contributed by atoms with Crippen LogP contribution in [0.5, 0.6) is 0 Å². The molecule has 0 aromatic carbocycles. The van der Waals surface area contributed by atoms with Gasteiger partial charge in [-0.3, -0.25) is 4.79 Å². The van der Waals surface area contributed by atoms with Crippen LogP contribution in [0, 0.1) is 0 Å². The standard InChI is InChI=1S/C12H26O3Si/c1-9(2)16(10(3)4,11(5)6)15-12(14)7-8-13/h9-11,13H,7-8H2,1-6H3. The lowest BCUT2D eigenvalue weighted by Crippen LogP contribution is -2.49. The average molecular weight is 246 g/mol. The predicted molar refractivity (Wildman–Crippen MR) is 68.8 cm³/mol. The van der Waals surface area contributed by atoms with Crippen molar-refractivity contribution >= 4 is 14.3 Å². The Kier molecular flexibility index (Phi) is 6.26. The third kappa shape index (κ3) is 3.32. The highest BCUT2D eigenvalue weighted by atomic mass is 28.4. The van der Waals surface area contributed by atoms with Gasteiger partial charge in [-0.05, 0) is 16.6 Å². The zero-order valence-corrected chi connectivity index (χ0v) is 12.4. The van der Waals surface area contributed by atoms with Crippen LogP contribution in [0.2, 0.25) is 16.6 Å². The lowest BCUT2D eigenvalue weighted by atomic mass is 10.5. The van der Waals surface area contributed by atoms with E-state index in [1.54, 1.807) is 0 Å². The minimum absolute atomic E-state index is 0.112. The predicted octanol–water partition coefficient (Wildman–Crippen LogP) is 3.09. The summed E-state index contributed by atoms with van der Waals surface area (Å²) in [6.07, 6.45) is 0.112. The molecule has 0 aliphatic rings. The Morgan fingerprint density at radius 2 is 1.44 bits per heavy atom. The Bertz CT molecular complexity index is 203.